The molecule has 0 fully saturated rings. The molecule has 5 heteroatoms. The summed E-state index contributed by atoms with van der Waals surface area (Å²) in [7, 11) is 0. The van der Waals surface area contributed by atoms with Crippen LogP contribution in [0.2, 0.25) is 5.02 Å². The fourth-order valence-electron chi connectivity index (χ4n) is 1.67. The second kappa shape index (κ2) is 4.74. The maximum atomic E-state index is 11.7. The average Bonchev–Trinajstić information content (AvgIpc) is 3.00. The molecule has 0 N–H and O–H groups in total. The number of hydrogen-bond donors (Lipinski definition) is 0. The molecule has 0 aliphatic carbocycles. The first-order chi connectivity index (χ1) is 9.22. The second-order valence-electron chi connectivity index (χ2n) is 3.87. The number of cyclic esters (lactones) is 1. The van der Waals surface area contributed by atoms with Crippen LogP contribution in [-0.2, 0) is 9.53 Å². The fourth-order valence-corrected chi connectivity index (χ4v) is 1.87. The summed E-state index contributed by atoms with van der Waals surface area (Å²) in [5.41, 5.74) is 0.998. The van der Waals surface area contributed by atoms with Crippen molar-refractivity contribution < 1.29 is 13.9 Å². The van der Waals surface area contributed by atoms with Crippen LogP contribution in [0.5, 0.6) is 0 Å². The highest BCUT2D eigenvalue weighted by atomic mass is 35.5. The molecule has 0 bridgehead atoms. The Morgan fingerprint density at radius 3 is 2.84 bits per heavy atom. The molecular formula is C14H8ClNO3. The highest BCUT2D eigenvalue weighted by Gasteiger charge is 2.25. The van der Waals surface area contributed by atoms with Crippen LogP contribution in [0.3, 0.4) is 0 Å². The number of benzene rings is 1. The lowest BCUT2D eigenvalue weighted by molar-refractivity contribution is -0.130. The molecule has 0 saturated heterocycles. The van der Waals surface area contributed by atoms with Gasteiger partial charge in [0.15, 0.2) is 11.5 Å². The number of ether oxygens (including phenoxy) is 1. The minimum absolute atomic E-state index is 0.170. The Balaban J connectivity index is 1.95. The van der Waals surface area contributed by atoms with E-state index < -0.39 is 5.97 Å². The lowest BCUT2D eigenvalue weighted by Crippen LogP contribution is -2.04. The van der Waals surface area contributed by atoms with E-state index in [0.29, 0.717) is 10.8 Å². The molecule has 0 spiro atoms. The van der Waals surface area contributed by atoms with Gasteiger partial charge < -0.3 is 9.15 Å². The Bertz CT molecular complexity index is 686. The minimum Gasteiger partial charge on any atom is -0.459 e. The number of nitrogens with zero attached hydrogens (tertiary/aromatic N) is 1. The van der Waals surface area contributed by atoms with Gasteiger partial charge in [-0.3, -0.25) is 0 Å². The first-order valence-electron chi connectivity index (χ1n) is 5.54. The predicted molar refractivity (Wildman–Crippen MR) is 70.8 cm³/mol. The molecule has 0 atom stereocenters. The predicted octanol–water partition coefficient (Wildman–Crippen LogP) is 3.28. The number of furan rings is 1. The molecule has 94 valence electrons. The van der Waals surface area contributed by atoms with Crippen LogP contribution >= 0.6 is 11.6 Å². The van der Waals surface area contributed by atoms with Gasteiger partial charge in [0.25, 0.3) is 5.90 Å². The number of halogens is 1. The van der Waals surface area contributed by atoms with Crippen molar-refractivity contribution in [2.24, 2.45) is 4.99 Å². The molecule has 3 rings (SSSR count). The number of hydrogen-bond acceptors (Lipinski definition) is 4. The van der Waals surface area contributed by atoms with Crippen LogP contribution in [0, 0.1) is 0 Å². The molecule has 0 saturated carbocycles. The zero-order chi connectivity index (χ0) is 13.2. The maximum Gasteiger partial charge on any atom is 0.363 e. The van der Waals surface area contributed by atoms with Crippen LogP contribution in [-0.4, -0.2) is 11.9 Å². The molecule has 0 radical (unpaired) electrons. The molecule has 4 nitrogen and oxygen atoms in total. The molecule has 1 aromatic carbocycles. The van der Waals surface area contributed by atoms with Crippen molar-refractivity contribution in [3.63, 3.8) is 0 Å². The smallest absolute Gasteiger partial charge is 0.363 e. The van der Waals surface area contributed by atoms with Crippen molar-refractivity contribution in [3.05, 3.63) is 64.7 Å². The van der Waals surface area contributed by atoms with E-state index in [-0.39, 0.29) is 11.6 Å². The van der Waals surface area contributed by atoms with Crippen molar-refractivity contribution in [2.45, 2.75) is 0 Å². The zero-order valence-electron chi connectivity index (χ0n) is 9.67. The van der Waals surface area contributed by atoms with Gasteiger partial charge >= 0.3 is 5.97 Å². The Morgan fingerprint density at radius 2 is 2.11 bits per heavy atom. The molecular weight excluding hydrogens is 266 g/mol. The van der Waals surface area contributed by atoms with Gasteiger partial charge in [-0.25, -0.2) is 9.79 Å². The van der Waals surface area contributed by atoms with Crippen molar-refractivity contribution in [1.29, 1.82) is 0 Å². The molecule has 1 aliphatic heterocycles. The zero-order valence-corrected chi connectivity index (χ0v) is 10.4. The summed E-state index contributed by atoms with van der Waals surface area (Å²) in [6, 6.07) is 10.5. The topological polar surface area (TPSA) is 51.8 Å². The SMILES string of the molecule is O=C1OC(c2ccco2)=NC1=Cc1cccc(Cl)c1. The van der Waals surface area contributed by atoms with E-state index in [4.69, 9.17) is 20.8 Å². The van der Waals surface area contributed by atoms with Crippen LogP contribution in [0.1, 0.15) is 11.3 Å². The van der Waals surface area contributed by atoms with Gasteiger partial charge in [-0.2, -0.15) is 0 Å². The van der Waals surface area contributed by atoms with Gasteiger partial charge in [0.1, 0.15) is 0 Å². The van der Waals surface area contributed by atoms with Gasteiger partial charge in [0, 0.05) is 5.02 Å². The molecule has 2 aromatic rings. The highest BCUT2D eigenvalue weighted by molar-refractivity contribution is 6.30. The van der Waals surface area contributed by atoms with Crippen LogP contribution in [0.4, 0.5) is 0 Å². The van der Waals surface area contributed by atoms with E-state index in [0.717, 1.165) is 5.56 Å². The van der Waals surface area contributed by atoms with E-state index in [1.165, 1.54) is 6.26 Å². The van der Waals surface area contributed by atoms with E-state index in [9.17, 15) is 4.79 Å². The summed E-state index contributed by atoms with van der Waals surface area (Å²) >= 11 is 5.88. The maximum absolute atomic E-state index is 11.7. The number of aliphatic imine (C=N–C) groups is 1. The second-order valence-corrected chi connectivity index (χ2v) is 4.30. The summed E-state index contributed by atoms with van der Waals surface area (Å²) < 4.78 is 10.2. The van der Waals surface area contributed by atoms with E-state index in [2.05, 4.69) is 4.99 Å². The van der Waals surface area contributed by atoms with Crippen molar-refractivity contribution in [3.8, 4) is 0 Å². The summed E-state index contributed by atoms with van der Waals surface area (Å²) in [6.07, 6.45) is 3.11. The number of rotatable bonds is 2. The largest absolute Gasteiger partial charge is 0.459 e. The Hall–Kier alpha value is -2.33. The van der Waals surface area contributed by atoms with Crippen LogP contribution in [0.15, 0.2) is 57.8 Å². The van der Waals surface area contributed by atoms with Crippen molar-refractivity contribution in [1.82, 2.24) is 0 Å². The lowest BCUT2D eigenvalue weighted by Gasteiger charge is -1.94. The fraction of sp³-hybridized carbons (Fsp3) is 0. The van der Waals surface area contributed by atoms with Gasteiger partial charge in [0.05, 0.1) is 6.26 Å². The summed E-state index contributed by atoms with van der Waals surface area (Å²) in [6.45, 7) is 0. The molecule has 0 unspecified atom stereocenters. The first-order valence-corrected chi connectivity index (χ1v) is 5.92. The lowest BCUT2D eigenvalue weighted by atomic mass is 10.2. The monoisotopic (exact) mass is 273 g/mol. The third-order valence-corrected chi connectivity index (χ3v) is 2.74. The Kier molecular flexibility index (Phi) is 2.93. The number of carbonyl (C=O) groups excluding carboxylic acids is 1. The van der Waals surface area contributed by atoms with Crippen LogP contribution in [0.25, 0.3) is 6.08 Å². The summed E-state index contributed by atoms with van der Waals surface area (Å²) in [4.78, 5) is 15.8. The third kappa shape index (κ3) is 2.44. The molecule has 19 heavy (non-hydrogen) atoms. The summed E-state index contributed by atoms with van der Waals surface area (Å²) in [5, 5.41) is 0.593. The first kappa shape index (κ1) is 11.7. The van der Waals surface area contributed by atoms with Crippen LogP contribution < -0.4 is 0 Å². The Morgan fingerprint density at radius 1 is 1.21 bits per heavy atom. The minimum atomic E-state index is -0.508. The number of esters is 1. The van der Waals surface area contributed by atoms with Crippen molar-refractivity contribution >= 4 is 29.5 Å². The molecule has 1 aliphatic rings. The van der Waals surface area contributed by atoms with Gasteiger partial charge in [-0.1, -0.05) is 23.7 Å². The quantitative estimate of drug-likeness (QED) is 0.623. The molecule has 2 heterocycles. The average molecular weight is 274 g/mol. The van der Waals surface area contributed by atoms with Gasteiger partial charge in [-0.05, 0) is 35.9 Å². The van der Waals surface area contributed by atoms with E-state index in [1.807, 2.05) is 6.07 Å². The standard InChI is InChI=1S/C14H8ClNO3/c15-10-4-1-3-9(7-10)8-11-14(17)19-13(16-11)12-5-2-6-18-12/h1-8H. The summed E-state index contributed by atoms with van der Waals surface area (Å²) in [5.74, 6) is 0.0810. The number of carbonyl (C=O) groups is 1. The van der Waals surface area contributed by atoms with E-state index in [1.54, 1.807) is 36.4 Å². The third-order valence-electron chi connectivity index (χ3n) is 2.50. The molecule has 1 aromatic heterocycles. The highest BCUT2D eigenvalue weighted by Crippen LogP contribution is 2.20. The van der Waals surface area contributed by atoms with Crippen molar-refractivity contribution in [2.75, 3.05) is 0 Å². The van der Waals surface area contributed by atoms with E-state index >= 15 is 0 Å². The van der Waals surface area contributed by atoms with Gasteiger partial charge in [-0.15, -0.1) is 0 Å². The normalized spacial score (nSPS) is 16.6. The molecule has 0 amide bonds. The van der Waals surface area contributed by atoms with Gasteiger partial charge in [0.2, 0.25) is 0 Å². The Labute approximate surface area is 114 Å².